The first-order chi connectivity index (χ1) is 8.74. The highest BCUT2D eigenvalue weighted by atomic mass is 35.5. The number of hydrogen-bond acceptors (Lipinski definition) is 3. The molecule has 1 rings (SSSR count). The lowest BCUT2D eigenvalue weighted by atomic mass is 9.88. The molecular weight excluding hydrogens is 276 g/mol. The van der Waals surface area contributed by atoms with E-state index in [0.29, 0.717) is 5.41 Å². The predicted octanol–water partition coefficient (Wildman–Crippen LogP) is 4.58. The van der Waals surface area contributed by atoms with Gasteiger partial charge in [-0.25, -0.2) is 4.98 Å². The Morgan fingerprint density at radius 3 is 2.47 bits per heavy atom. The van der Waals surface area contributed by atoms with E-state index < -0.39 is 0 Å². The fourth-order valence-electron chi connectivity index (χ4n) is 1.88. The maximum absolute atomic E-state index is 5.75. The molecule has 0 atom stereocenters. The van der Waals surface area contributed by atoms with Crippen molar-refractivity contribution in [1.29, 1.82) is 0 Å². The first-order valence-electron chi connectivity index (χ1n) is 6.96. The van der Waals surface area contributed by atoms with E-state index in [2.05, 4.69) is 45.3 Å². The molecule has 0 aliphatic carbocycles. The van der Waals surface area contributed by atoms with Gasteiger partial charge in [-0.2, -0.15) is 0 Å². The Labute approximate surface area is 127 Å². The molecule has 19 heavy (non-hydrogen) atoms. The summed E-state index contributed by atoms with van der Waals surface area (Å²) in [5.41, 5.74) is 1.64. The van der Waals surface area contributed by atoms with Gasteiger partial charge in [0, 0.05) is 29.8 Å². The van der Waals surface area contributed by atoms with Gasteiger partial charge in [-0.05, 0) is 18.3 Å². The molecule has 0 spiro atoms. The monoisotopic (exact) mass is 302 g/mol. The molecule has 0 fully saturated rings. The van der Waals surface area contributed by atoms with E-state index in [1.54, 1.807) is 11.3 Å². The first-order valence-corrected chi connectivity index (χ1v) is 8.37. The number of alkyl halides is 1. The van der Waals surface area contributed by atoms with Crippen LogP contribution in [0.1, 0.15) is 58.2 Å². The van der Waals surface area contributed by atoms with Crippen LogP contribution in [0.25, 0.3) is 0 Å². The molecule has 0 aliphatic rings. The summed E-state index contributed by atoms with van der Waals surface area (Å²) in [6, 6.07) is 0. The van der Waals surface area contributed by atoms with Gasteiger partial charge < -0.3 is 5.32 Å². The van der Waals surface area contributed by atoms with Gasteiger partial charge in [-0.1, -0.05) is 34.6 Å². The van der Waals surface area contributed by atoms with Crippen molar-refractivity contribution in [2.45, 2.75) is 59.4 Å². The molecule has 0 aliphatic heterocycles. The molecule has 1 heterocycles. The SMILES string of the molecule is CC(C)(CCCCl)CNCc1nc(C(C)(C)C)cs1. The van der Waals surface area contributed by atoms with Crippen LogP contribution in [-0.4, -0.2) is 17.4 Å². The fraction of sp³-hybridized carbons (Fsp3) is 0.800. The molecule has 2 nitrogen and oxygen atoms in total. The summed E-state index contributed by atoms with van der Waals surface area (Å²) >= 11 is 7.50. The van der Waals surface area contributed by atoms with Gasteiger partial charge in [-0.15, -0.1) is 22.9 Å². The molecule has 0 aromatic carbocycles. The summed E-state index contributed by atoms with van der Waals surface area (Å²) in [7, 11) is 0. The fourth-order valence-corrected chi connectivity index (χ4v) is 3.00. The average Bonchev–Trinajstić information content (AvgIpc) is 2.74. The van der Waals surface area contributed by atoms with Crippen molar-refractivity contribution >= 4 is 22.9 Å². The lowest BCUT2D eigenvalue weighted by Crippen LogP contribution is -2.29. The molecule has 1 N–H and O–H groups in total. The largest absolute Gasteiger partial charge is 0.310 e. The van der Waals surface area contributed by atoms with Crippen molar-refractivity contribution in [2.75, 3.05) is 12.4 Å². The second-order valence-electron chi connectivity index (χ2n) is 6.94. The summed E-state index contributed by atoms with van der Waals surface area (Å²) in [5, 5.41) is 6.88. The lowest BCUT2D eigenvalue weighted by Gasteiger charge is -2.24. The van der Waals surface area contributed by atoms with Crippen molar-refractivity contribution in [3.8, 4) is 0 Å². The summed E-state index contributed by atoms with van der Waals surface area (Å²) < 4.78 is 0. The number of hydrogen-bond donors (Lipinski definition) is 1. The highest BCUT2D eigenvalue weighted by Gasteiger charge is 2.19. The molecule has 110 valence electrons. The van der Waals surface area contributed by atoms with Crippen LogP contribution in [-0.2, 0) is 12.0 Å². The van der Waals surface area contributed by atoms with E-state index in [-0.39, 0.29) is 5.41 Å². The van der Waals surface area contributed by atoms with Gasteiger partial charge in [0.25, 0.3) is 0 Å². The van der Waals surface area contributed by atoms with Crippen LogP contribution in [0, 0.1) is 5.41 Å². The van der Waals surface area contributed by atoms with Crippen molar-refractivity contribution in [1.82, 2.24) is 10.3 Å². The molecule has 0 radical (unpaired) electrons. The smallest absolute Gasteiger partial charge is 0.107 e. The molecule has 1 aromatic heterocycles. The van der Waals surface area contributed by atoms with Crippen molar-refractivity contribution in [3.05, 3.63) is 16.1 Å². The highest BCUT2D eigenvalue weighted by molar-refractivity contribution is 7.09. The number of rotatable bonds is 7. The third-order valence-corrected chi connectivity index (χ3v) is 4.30. The van der Waals surface area contributed by atoms with E-state index in [4.69, 9.17) is 16.6 Å². The van der Waals surface area contributed by atoms with E-state index in [9.17, 15) is 0 Å². The number of thiazole rings is 1. The van der Waals surface area contributed by atoms with Gasteiger partial charge in [0.2, 0.25) is 0 Å². The Balaban J connectivity index is 2.39. The standard InChI is InChI=1S/C15H27ClN2S/c1-14(2,3)12-10-19-13(18-12)9-17-11-15(4,5)7-6-8-16/h10,17H,6-9,11H2,1-5H3. The maximum atomic E-state index is 5.75. The topological polar surface area (TPSA) is 24.9 Å². The Bertz CT molecular complexity index is 380. The van der Waals surface area contributed by atoms with E-state index >= 15 is 0 Å². The minimum Gasteiger partial charge on any atom is -0.310 e. The molecule has 0 bridgehead atoms. The van der Waals surface area contributed by atoms with E-state index in [0.717, 1.165) is 31.8 Å². The molecule has 0 saturated carbocycles. The molecule has 1 aromatic rings. The van der Waals surface area contributed by atoms with Gasteiger partial charge in [-0.3, -0.25) is 0 Å². The van der Waals surface area contributed by atoms with Crippen LogP contribution in [0.2, 0.25) is 0 Å². The molecule has 0 amide bonds. The van der Waals surface area contributed by atoms with Crippen LogP contribution in [0.4, 0.5) is 0 Å². The number of aromatic nitrogens is 1. The summed E-state index contributed by atoms with van der Waals surface area (Å²) in [6.45, 7) is 13.1. The van der Waals surface area contributed by atoms with Crippen LogP contribution < -0.4 is 5.32 Å². The Morgan fingerprint density at radius 2 is 1.95 bits per heavy atom. The third-order valence-electron chi connectivity index (χ3n) is 3.19. The second-order valence-corrected chi connectivity index (χ2v) is 8.26. The highest BCUT2D eigenvalue weighted by Crippen LogP contribution is 2.24. The van der Waals surface area contributed by atoms with Gasteiger partial charge in [0.05, 0.1) is 5.69 Å². The van der Waals surface area contributed by atoms with Crippen LogP contribution >= 0.6 is 22.9 Å². The zero-order valence-corrected chi connectivity index (χ0v) is 14.4. The van der Waals surface area contributed by atoms with Crippen molar-refractivity contribution in [2.24, 2.45) is 5.41 Å². The minimum absolute atomic E-state index is 0.147. The second kappa shape index (κ2) is 7.05. The molecule has 4 heteroatoms. The van der Waals surface area contributed by atoms with E-state index in [1.807, 2.05) is 0 Å². The number of nitrogens with one attached hydrogen (secondary N) is 1. The van der Waals surface area contributed by atoms with Crippen LogP contribution in [0.15, 0.2) is 5.38 Å². The quantitative estimate of drug-likeness (QED) is 0.746. The van der Waals surface area contributed by atoms with Crippen molar-refractivity contribution in [3.63, 3.8) is 0 Å². The van der Waals surface area contributed by atoms with Gasteiger partial charge in [0.1, 0.15) is 5.01 Å². The summed E-state index contributed by atoms with van der Waals surface area (Å²) in [6.07, 6.45) is 2.25. The maximum Gasteiger partial charge on any atom is 0.107 e. The van der Waals surface area contributed by atoms with Gasteiger partial charge >= 0.3 is 0 Å². The zero-order valence-electron chi connectivity index (χ0n) is 12.8. The van der Waals surface area contributed by atoms with Crippen LogP contribution in [0.3, 0.4) is 0 Å². The number of halogens is 1. The normalized spacial score (nSPS) is 12.9. The van der Waals surface area contributed by atoms with E-state index in [1.165, 1.54) is 10.7 Å². The first kappa shape index (κ1) is 16.9. The number of nitrogens with zero attached hydrogens (tertiary/aromatic N) is 1. The van der Waals surface area contributed by atoms with Gasteiger partial charge in [0.15, 0.2) is 0 Å². The summed E-state index contributed by atoms with van der Waals surface area (Å²) in [4.78, 5) is 4.70. The zero-order chi connectivity index (χ0) is 14.5. The average molecular weight is 303 g/mol. The third kappa shape index (κ3) is 6.24. The molecule has 0 saturated heterocycles. The predicted molar refractivity (Wildman–Crippen MR) is 86.3 cm³/mol. The summed E-state index contributed by atoms with van der Waals surface area (Å²) in [5.74, 6) is 0.755. The Morgan fingerprint density at radius 1 is 1.26 bits per heavy atom. The molecular formula is C15H27ClN2S. The molecule has 0 unspecified atom stereocenters. The van der Waals surface area contributed by atoms with Crippen molar-refractivity contribution < 1.29 is 0 Å². The minimum atomic E-state index is 0.147. The lowest BCUT2D eigenvalue weighted by molar-refractivity contribution is 0.311. The van der Waals surface area contributed by atoms with Crippen LogP contribution in [0.5, 0.6) is 0 Å². The Kier molecular flexibility index (Phi) is 6.28. The Hall–Kier alpha value is -0.120.